The number of carboxylic acid groups (broad SMARTS) is 1. The van der Waals surface area contributed by atoms with Crippen LogP contribution in [0.2, 0.25) is 0 Å². The van der Waals surface area contributed by atoms with Crippen molar-refractivity contribution in [3.05, 3.63) is 18.1 Å². The lowest BCUT2D eigenvalue weighted by Gasteiger charge is -2.60. The van der Waals surface area contributed by atoms with E-state index in [-0.39, 0.29) is 31.0 Å². The highest BCUT2D eigenvalue weighted by atomic mass is 16.4. The monoisotopic (exact) mass is 447 g/mol. The van der Waals surface area contributed by atoms with Crippen LogP contribution in [-0.2, 0) is 4.79 Å². The minimum atomic E-state index is -1.10. The van der Waals surface area contributed by atoms with E-state index in [0.717, 1.165) is 44.9 Å². The lowest BCUT2D eigenvalue weighted by atomic mass is 9.45. The van der Waals surface area contributed by atoms with Gasteiger partial charge in [-0.05, 0) is 99.2 Å². The Labute approximate surface area is 190 Å². The zero-order valence-corrected chi connectivity index (χ0v) is 19.1. The Bertz CT molecular complexity index is 774. The van der Waals surface area contributed by atoms with Crippen LogP contribution >= 0.6 is 0 Å². The Morgan fingerprint density at radius 1 is 1.03 bits per heavy atom. The Hall–Kier alpha value is -0.950. The quantitative estimate of drug-likeness (QED) is 0.424. The Morgan fingerprint density at radius 3 is 2.44 bits per heavy atom. The zero-order chi connectivity index (χ0) is 22.8. The second-order valence-corrected chi connectivity index (χ2v) is 11.7. The van der Waals surface area contributed by atoms with E-state index in [1.807, 2.05) is 0 Å². The van der Waals surface area contributed by atoms with Crippen LogP contribution in [-0.4, -0.2) is 56.9 Å². The van der Waals surface area contributed by atoms with Gasteiger partial charge in [0.2, 0.25) is 0 Å². The molecule has 3 unspecified atom stereocenters. The number of fused-ring (bicyclic) bond motifs is 7. The van der Waals surface area contributed by atoms with E-state index in [0.29, 0.717) is 30.1 Å². The van der Waals surface area contributed by atoms with Gasteiger partial charge in [-0.2, -0.15) is 0 Å². The molecule has 5 rings (SSSR count). The van der Waals surface area contributed by atoms with Crippen LogP contribution in [0, 0.1) is 58.7 Å². The first-order valence-electron chi connectivity index (χ1n) is 12.6. The number of rotatable bonds is 3. The van der Waals surface area contributed by atoms with Crippen molar-refractivity contribution in [1.82, 2.24) is 0 Å². The van der Waals surface area contributed by atoms with Gasteiger partial charge in [-0.15, -0.1) is 0 Å². The zero-order valence-electron chi connectivity index (χ0n) is 19.1. The third-order valence-electron chi connectivity index (χ3n) is 10.6. The summed E-state index contributed by atoms with van der Waals surface area (Å²) in [5, 5.41) is 51.9. The maximum atomic E-state index is 12.4. The minimum Gasteiger partial charge on any atom is -0.481 e. The summed E-state index contributed by atoms with van der Waals surface area (Å²) in [5.41, 5.74) is -0.348. The summed E-state index contributed by atoms with van der Waals surface area (Å²) in [5.74, 6) is 1.15. The molecule has 5 aliphatic rings. The normalized spacial score (nSPS) is 49.7. The fraction of sp³-hybridized carbons (Fsp3) is 0.846. The van der Waals surface area contributed by atoms with Gasteiger partial charge in [0.1, 0.15) is 0 Å². The largest absolute Gasteiger partial charge is 0.481 e. The molecular formula is C26H39O6. The van der Waals surface area contributed by atoms with Gasteiger partial charge < -0.3 is 25.5 Å². The first kappa shape index (κ1) is 22.8. The van der Waals surface area contributed by atoms with Crippen LogP contribution in [0.25, 0.3) is 0 Å². The van der Waals surface area contributed by atoms with Crippen molar-refractivity contribution in [2.24, 2.45) is 52.3 Å². The topological polar surface area (TPSA) is 118 Å². The van der Waals surface area contributed by atoms with Gasteiger partial charge in [-0.3, -0.25) is 4.79 Å². The molecule has 0 spiro atoms. The number of allylic oxidation sites excluding steroid dienone is 2. The maximum Gasteiger partial charge on any atom is 0.310 e. The van der Waals surface area contributed by atoms with Gasteiger partial charge in [-0.1, -0.05) is 18.6 Å². The van der Waals surface area contributed by atoms with Crippen LogP contribution in [0.15, 0.2) is 11.6 Å². The van der Waals surface area contributed by atoms with Crippen molar-refractivity contribution in [1.29, 1.82) is 0 Å². The molecule has 10 atom stereocenters. The number of carboxylic acids is 1. The first-order chi connectivity index (χ1) is 15.3. The van der Waals surface area contributed by atoms with Gasteiger partial charge in [0.15, 0.2) is 0 Å². The van der Waals surface area contributed by atoms with Crippen molar-refractivity contribution < 1.29 is 30.3 Å². The smallest absolute Gasteiger partial charge is 0.310 e. The number of aliphatic hydroxyl groups is 4. The third kappa shape index (κ3) is 3.02. The predicted octanol–water partition coefficient (Wildman–Crippen LogP) is 2.40. The molecule has 0 amide bonds. The van der Waals surface area contributed by atoms with E-state index in [1.54, 1.807) is 0 Å². The van der Waals surface area contributed by atoms with Crippen LogP contribution in [0.3, 0.4) is 0 Å². The molecule has 179 valence electrons. The molecule has 0 heterocycles. The number of hydrogen-bond acceptors (Lipinski definition) is 5. The number of aliphatic hydroxyl groups excluding tert-OH is 4. The summed E-state index contributed by atoms with van der Waals surface area (Å²) in [7, 11) is 0. The number of carbonyl (C=O) groups is 1. The van der Waals surface area contributed by atoms with Crippen LogP contribution < -0.4 is 0 Å². The highest BCUT2D eigenvalue weighted by molar-refractivity contribution is 5.77. The van der Waals surface area contributed by atoms with Gasteiger partial charge in [0, 0.05) is 5.41 Å². The molecule has 4 fully saturated rings. The summed E-state index contributed by atoms with van der Waals surface area (Å²) in [6.07, 6.45) is 9.11. The van der Waals surface area contributed by atoms with Gasteiger partial charge in [-0.25, -0.2) is 0 Å². The highest BCUT2D eigenvalue weighted by Crippen LogP contribution is 2.63. The van der Waals surface area contributed by atoms with E-state index in [2.05, 4.69) is 19.4 Å². The predicted molar refractivity (Wildman–Crippen MR) is 118 cm³/mol. The summed E-state index contributed by atoms with van der Waals surface area (Å²) in [6, 6.07) is 0. The van der Waals surface area contributed by atoms with Crippen molar-refractivity contribution in [3.63, 3.8) is 0 Å². The molecule has 6 heteroatoms. The van der Waals surface area contributed by atoms with Crippen molar-refractivity contribution in [2.75, 3.05) is 13.2 Å². The summed E-state index contributed by atoms with van der Waals surface area (Å²) in [4.78, 5) is 12.4. The average Bonchev–Trinajstić information content (AvgIpc) is 2.79. The Balaban J connectivity index is 1.47. The van der Waals surface area contributed by atoms with E-state index < -0.39 is 29.0 Å². The SMILES string of the molecule is C[C@@H]1[CH]C2C3=CCC4[C@H]5C[C@@H](O)[C@H](O)C(CO)(CO)C5CC[C@H]4[C@@H]3CC[C@@]2(C(=O)O)CC1. The first-order valence-corrected chi connectivity index (χ1v) is 12.6. The summed E-state index contributed by atoms with van der Waals surface area (Å²) < 4.78 is 0. The molecule has 0 aromatic heterocycles. The third-order valence-corrected chi connectivity index (χ3v) is 10.6. The molecule has 0 aromatic rings. The molecule has 0 aliphatic heterocycles. The molecule has 5 N–H and O–H groups in total. The Morgan fingerprint density at radius 2 is 1.75 bits per heavy atom. The van der Waals surface area contributed by atoms with Crippen LogP contribution in [0.5, 0.6) is 0 Å². The average molecular weight is 448 g/mol. The molecule has 0 saturated heterocycles. The molecule has 0 bridgehead atoms. The van der Waals surface area contributed by atoms with E-state index in [4.69, 9.17) is 0 Å². The van der Waals surface area contributed by atoms with Crippen molar-refractivity contribution in [2.45, 2.75) is 70.5 Å². The second-order valence-electron chi connectivity index (χ2n) is 11.7. The maximum absolute atomic E-state index is 12.4. The van der Waals surface area contributed by atoms with Gasteiger partial charge >= 0.3 is 5.97 Å². The van der Waals surface area contributed by atoms with E-state index >= 15 is 0 Å². The van der Waals surface area contributed by atoms with Crippen LogP contribution in [0.4, 0.5) is 0 Å². The molecule has 1 radical (unpaired) electrons. The van der Waals surface area contributed by atoms with E-state index in [9.17, 15) is 30.3 Å². The molecule has 6 nitrogen and oxygen atoms in total. The molecular weight excluding hydrogens is 408 g/mol. The molecule has 32 heavy (non-hydrogen) atoms. The van der Waals surface area contributed by atoms with Crippen molar-refractivity contribution in [3.8, 4) is 0 Å². The second kappa shape index (κ2) is 8.07. The van der Waals surface area contributed by atoms with Gasteiger partial charge in [0.25, 0.3) is 0 Å². The standard InChI is InChI=1S/C26H39O6/c1-14-6-8-25(24(31)32)9-7-17-15-4-5-20-19(16(15)2-3-18(17)21(25)10-14)11-22(29)23(30)26(20,12-27)13-28/h3,10,14-17,19-23,27-30H,2,4-9,11-13H2,1H3,(H,31,32)/t14-,15+,16?,17-,19+,20?,21?,22+,23-,25-/m0/s1. The van der Waals surface area contributed by atoms with Crippen LogP contribution in [0.1, 0.15) is 58.3 Å². The van der Waals surface area contributed by atoms with Gasteiger partial charge in [0.05, 0.1) is 30.8 Å². The fourth-order valence-corrected chi connectivity index (χ4v) is 8.93. The summed E-state index contributed by atoms with van der Waals surface area (Å²) >= 11 is 0. The lowest BCUT2D eigenvalue weighted by Crippen LogP contribution is -2.62. The fourth-order valence-electron chi connectivity index (χ4n) is 8.93. The molecule has 4 saturated carbocycles. The number of hydrogen-bond donors (Lipinski definition) is 5. The Kier molecular flexibility index (Phi) is 5.76. The minimum absolute atomic E-state index is 0.00457. The molecule has 0 aromatic carbocycles. The summed E-state index contributed by atoms with van der Waals surface area (Å²) in [6.45, 7) is 1.56. The van der Waals surface area contributed by atoms with Crippen molar-refractivity contribution >= 4 is 5.97 Å². The molecule has 5 aliphatic carbocycles. The number of aliphatic carboxylic acids is 1. The highest BCUT2D eigenvalue weighted by Gasteiger charge is 2.61. The lowest BCUT2D eigenvalue weighted by molar-refractivity contribution is -0.205. The van der Waals surface area contributed by atoms with E-state index in [1.165, 1.54) is 5.57 Å².